The van der Waals surface area contributed by atoms with Gasteiger partial charge in [0.15, 0.2) is 0 Å². The van der Waals surface area contributed by atoms with Gasteiger partial charge in [-0.2, -0.15) is 13.2 Å². The highest BCUT2D eigenvalue weighted by atomic mass is 35.5. The number of alkyl halides is 3. The molecule has 0 atom stereocenters. The maximum absolute atomic E-state index is 12.7. The molecule has 0 saturated carbocycles. The minimum Gasteiger partial charge on any atom is -0.354 e. The summed E-state index contributed by atoms with van der Waals surface area (Å²) in [5, 5.41) is -0.126. The monoisotopic (exact) mass is 279 g/mol. The Kier molecular flexibility index (Phi) is 3.68. The summed E-state index contributed by atoms with van der Waals surface area (Å²) in [5.74, 6) is 0.294. The lowest BCUT2D eigenvalue weighted by Gasteiger charge is -2.33. The van der Waals surface area contributed by atoms with Gasteiger partial charge in [-0.1, -0.05) is 11.6 Å². The van der Waals surface area contributed by atoms with Crippen LogP contribution in [0.2, 0.25) is 5.15 Å². The largest absolute Gasteiger partial charge is 0.416 e. The minimum absolute atomic E-state index is 0.126. The molecule has 1 saturated heterocycles. The third-order valence-corrected chi connectivity index (χ3v) is 3.13. The van der Waals surface area contributed by atoms with E-state index in [0.29, 0.717) is 18.9 Å². The molecule has 1 aromatic rings. The fraction of sp³-hybridized carbons (Fsp3) is 0.545. The first kappa shape index (κ1) is 13.4. The molecule has 1 aliphatic heterocycles. The van der Waals surface area contributed by atoms with E-state index in [9.17, 15) is 13.2 Å². The van der Waals surface area contributed by atoms with Gasteiger partial charge in [-0.25, -0.2) is 4.98 Å². The Morgan fingerprint density at radius 1 is 1.17 bits per heavy atom. The zero-order valence-electron chi connectivity index (χ0n) is 9.84. The van der Waals surface area contributed by atoms with E-state index in [4.69, 9.17) is 11.6 Å². The number of halogens is 4. The van der Waals surface area contributed by atoms with Crippen LogP contribution in [0.3, 0.4) is 0 Å². The van der Waals surface area contributed by atoms with Crippen LogP contribution in [0.1, 0.15) is 5.56 Å². The number of piperazine rings is 1. The smallest absolute Gasteiger partial charge is 0.354 e. The third kappa shape index (κ3) is 3.05. The fourth-order valence-corrected chi connectivity index (χ4v) is 2.05. The highest BCUT2D eigenvalue weighted by Crippen LogP contribution is 2.32. The van der Waals surface area contributed by atoms with Crippen LogP contribution in [0, 0.1) is 0 Å². The summed E-state index contributed by atoms with van der Waals surface area (Å²) in [6.45, 7) is 2.91. The Labute approximate surface area is 108 Å². The minimum atomic E-state index is -4.39. The van der Waals surface area contributed by atoms with Crippen molar-refractivity contribution in [1.29, 1.82) is 0 Å². The van der Waals surface area contributed by atoms with Crippen LogP contribution < -0.4 is 4.90 Å². The van der Waals surface area contributed by atoms with Crippen molar-refractivity contribution in [3.05, 3.63) is 22.8 Å². The zero-order valence-corrected chi connectivity index (χ0v) is 10.6. The first-order chi connectivity index (χ1) is 8.36. The SMILES string of the molecule is CN1CCN(c2cc(C(F)(F)F)cc(Cl)n2)CC1. The van der Waals surface area contributed by atoms with E-state index >= 15 is 0 Å². The molecule has 0 aromatic carbocycles. The number of pyridine rings is 1. The molecule has 1 fully saturated rings. The first-order valence-corrected chi connectivity index (χ1v) is 5.92. The van der Waals surface area contributed by atoms with Gasteiger partial charge in [0.05, 0.1) is 5.56 Å². The number of nitrogens with zero attached hydrogens (tertiary/aromatic N) is 3. The normalized spacial score (nSPS) is 18.2. The number of rotatable bonds is 1. The van der Waals surface area contributed by atoms with E-state index in [0.717, 1.165) is 25.2 Å². The van der Waals surface area contributed by atoms with Gasteiger partial charge in [0, 0.05) is 26.2 Å². The molecule has 2 rings (SSSR count). The van der Waals surface area contributed by atoms with E-state index in [1.54, 1.807) is 0 Å². The topological polar surface area (TPSA) is 19.4 Å². The molecule has 100 valence electrons. The number of likely N-dealkylation sites (N-methyl/N-ethyl adjacent to an activating group) is 1. The molecule has 0 N–H and O–H groups in total. The maximum atomic E-state index is 12.7. The fourth-order valence-electron chi connectivity index (χ4n) is 1.84. The average Bonchev–Trinajstić information content (AvgIpc) is 2.28. The van der Waals surface area contributed by atoms with Crippen molar-refractivity contribution in [1.82, 2.24) is 9.88 Å². The molecule has 18 heavy (non-hydrogen) atoms. The summed E-state index contributed by atoms with van der Waals surface area (Å²) in [4.78, 5) is 7.91. The van der Waals surface area contributed by atoms with Gasteiger partial charge >= 0.3 is 6.18 Å². The third-order valence-electron chi connectivity index (χ3n) is 2.94. The Hall–Kier alpha value is -1.01. The van der Waals surface area contributed by atoms with Crippen LogP contribution in [0.15, 0.2) is 12.1 Å². The zero-order chi connectivity index (χ0) is 13.3. The molecule has 0 amide bonds. The molecule has 7 heteroatoms. The van der Waals surface area contributed by atoms with Gasteiger partial charge in [0.2, 0.25) is 0 Å². The molecule has 2 heterocycles. The molecule has 3 nitrogen and oxygen atoms in total. The van der Waals surface area contributed by atoms with Gasteiger partial charge < -0.3 is 9.80 Å². The van der Waals surface area contributed by atoms with Crippen LogP contribution in [0.25, 0.3) is 0 Å². The lowest BCUT2D eigenvalue weighted by molar-refractivity contribution is -0.137. The average molecular weight is 280 g/mol. The van der Waals surface area contributed by atoms with Crippen molar-refractivity contribution in [2.45, 2.75) is 6.18 Å². The summed E-state index contributed by atoms with van der Waals surface area (Å²) in [5.41, 5.74) is -0.753. The second kappa shape index (κ2) is 4.93. The maximum Gasteiger partial charge on any atom is 0.416 e. The van der Waals surface area contributed by atoms with E-state index in [1.807, 2.05) is 11.9 Å². The molecule has 0 unspecified atom stereocenters. The van der Waals surface area contributed by atoms with Crippen molar-refractivity contribution in [3.63, 3.8) is 0 Å². The number of aromatic nitrogens is 1. The van der Waals surface area contributed by atoms with Crippen molar-refractivity contribution in [2.75, 3.05) is 38.1 Å². The van der Waals surface area contributed by atoms with Crippen molar-refractivity contribution in [3.8, 4) is 0 Å². The molecule has 1 aromatic heterocycles. The van der Waals surface area contributed by atoms with E-state index in [2.05, 4.69) is 9.88 Å². The molecule has 0 radical (unpaired) electrons. The van der Waals surface area contributed by atoms with Crippen LogP contribution >= 0.6 is 11.6 Å². The van der Waals surface area contributed by atoms with E-state index in [-0.39, 0.29) is 5.15 Å². The summed E-state index contributed by atoms with van der Waals surface area (Å²) in [7, 11) is 1.98. The van der Waals surface area contributed by atoms with Crippen LogP contribution in [0.4, 0.5) is 19.0 Å². The van der Waals surface area contributed by atoms with Gasteiger partial charge in [0.1, 0.15) is 11.0 Å². The van der Waals surface area contributed by atoms with Gasteiger partial charge in [-0.3, -0.25) is 0 Å². The second-order valence-electron chi connectivity index (χ2n) is 4.32. The summed E-state index contributed by atoms with van der Waals surface area (Å²) in [6, 6.07) is 1.90. The standard InChI is InChI=1S/C11H13ClF3N3/c1-17-2-4-18(5-3-17)10-7-8(11(13,14)15)6-9(12)16-10/h6-7H,2-5H2,1H3. The molecular formula is C11H13ClF3N3. The predicted molar refractivity (Wildman–Crippen MR) is 64.0 cm³/mol. The lowest BCUT2D eigenvalue weighted by Crippen LogP contribution is -2.44. The molecular weight excluding hydrogens is 267 g/mol. The number of hydrogen-bond acceptors (Lipinski definition) is 3. The van der Waals surface area contributed by atoms with Gasteiger partial charge in [-0.15, -0.1) is 0 Å². The highest BCUT2D eigenvalue weighted by Gasteiger charge is 2.32. The van der Waals surface area contributed by atoms with Crippen LogP contribution in [-0.4, -0.2) is 43.1 Å². The lowest BCUT2D eigenvalue weighted by atomic mass is 10.2. The molecule has 0 bridgehead atoms. The van der Waals surface area contributed by atoms with Crippen molar-refractivity contribution in [2.24, 2.45) is 0 Å². The van der Waals surface area contributed by atoms with Crippen LogP contribution in [-0.2, 0) is 6.18 Å². The summed E-state index contributed by atoms with van der Waals surface area (Å²) < 4.78 is 38.0. The highest BCUT2D eigenvalue weighted by molar-refractivity contribution is 6.29. The summed E-state index contributed by atoms with van der Waals surface area (Å²) >= 11 is 5.66. The second-order valence-corrected chi connectivity index (χ2v) is 4.71. The number of anilines is 1. The quantitative estimate of drug-likeness (QED) is 0.737. The Balaban J connectivity index is 2.25. The number of hydrogen-bond donors (Lipinski definition) is 0. The van der Waals surface area contributed by atoms with Gasteiger partial charge in [-0.05, 0) is 19.2 Å². The first-order valence-electron chi connectivity index (χ1n) is 5.54. The van der Waals surface area contributed by atoms with E-state index < -0.39 is 11.7 Å². The summed E-state index contributed by atoms with van der Waals surface area (Å²) in [6.07, 6.45) is -4.39. The van der Waals surface area contributed by atoms with E-state index in [1.165, 1.54) is 0 Å². The van der Waals surface area contributed by atoms with Crippen LogP contribution in [0.5, 0.6) is 0 Å². The van der Waals surface area contributed by atoms with Gasteiger partial charge in [0.25, 0.3) is 0 Å². The van der Waals surface area contributed by atoms with Crippen molar-refractivity contribution >= 4 is 17.4 Å². The Morgan fingerprint density at radius 2 is 1.78 bits per heavy atom. The molecule has 1 aliphatic rings. The van der Waals surface area contributed by atoms with Crippen molar-refractivity contribution < 1.29 is 13.2 Å². The molecule has 0 aliphatic carbocycles. The Bertz CT molecular complexity index is 428. The Morgan fingerprint density at radius 3 is 2.33 bits per heavy atom. The predicted octanol–water partition coefficient (Wildman–Crippen LogP) is 2.51. The molecule has 0 spiro atoms.